The van der Waals surface area contributed by atoms with Gasteiger partial charge in [-0.25, -0.2) is 4.98 Å². The van der Waals surface area contributed by atoms with E-state index in [-0.39, 0.29) is 0 Å². The number of halogens is 1. The predicted molar refractivity (Wildman–Crippen MR) is 62.3 cm³/mol. The van der Waals surface area contributed by atoms with Gasteiger partial charge in [0.15, 0.2) is 11.0 Å². The molecule has 0 fully saturated rings. The van der Waals surface area contributed by atoms with E-state index in [9.17, 15) is 0 Å². The average molecular weight is 232 g/mol. The van der Waals surface area contributed by atoms with Gasteiger partial charge in [-0.15, -0.1) is 5.10 Å². The molecule has 1 aliphatic rings. The van der Waals surface area contributed by atoms with Crippen LogP contribution in [0.15, 0.2) is 24.4 Å². The highest BCUT2D eigenvalue weighted by atomic mass is 35.5. The lowest BCUT2D eigenvalue weighted by Gasteiger charge is -2.03. The number of nitrogens with zero attached hydrogens (tertiary/aromatic N) is 3. The zero-order chi connectivity index (χ0) is 11.0. The van der Waals surface area contributed by atoms with Crippen LogP contribution in [0, 0.1) is 0 Å². The Morgan fingerprint density at radius 3 is 2.88 bits per heavy atom. The smallest absolute Gasteiger partial charge is 0.183 e. The van der Waals surface area contributed by atoms with E-state index < -0.39 is 0 Å². The third-order valence-electron chi connectivity index (χ3n) is 2.89. The van der Waals surface area contributed by atoms with Crippen molar-refractivity contribution in [2.75, 3.05) is 0 Å². The van der Waals surface area contributed by atoms with Crippen LogP contribution in [0.3, 0.4) is 0 Å². The second-order valence-electron chi connectivity index (χ2n) is 3.94. The Labute approximate surface area is 98.5 Å². The maximum Gasteiger partial charge on any atom is 0.183 e. The summed E-state index contributed by atoms with van der Waals surface area (Å²) in [5, 5.41) is 8.18. The van der Waals surface area contributed by atoms with Crippen molar-refractivity contribution in [1.29, 1.82) is 0 Å². The molecule has 1 aromatic carbocycles. The molecule has 80 valence electrons. The number of hydrogen-bond donors (Lipinski definition) is 0. The van der Waals surface area contributed by atoms with Crippen molar-refractivity contribution in [3.8, 4) is 11.4 Å². The van der Waals surface area contributed by atoms with Crippen LogP contribution in [0.5, 0.6) is 0 Å². The quantitative estimate of drug-likeness (QED) is 0.758. The molecule has 0 unspecified atom stereocenters. The largest absolute Gasteiger partial charge is 0.213 e. The summed E-state index contributed by atoms with van der Waals surface area (Å²) in [6, 6.07) is 6.34. The van der Waals surface area contributed by atoms with Gasteiger partial charge < -0.3 is 0 Å². The topological polar surface area (TPSA) is 38.7 Å². The van der Waals surface area contributed by atoms with Gasteiger partial charge in [-0.05, 0) is 36.5 Å². The second kappa shape index (κ2) is 3.83. The standard InChI is InChI=1S/C12H10ClN3/c13-11-7-14-16-12(15-11)10-5-4-8-2-1-3-9(8)6-10/h4-7H,1-3H2. The van der Waals surface area contributed by atoms with Crippen molar-refractivity contribution < 1.29 is 0 Å². The van der Waals surface area contributed by atoms with Crippen LogP contribution in [0.4, 0.5) is 0 Å². The number of benzene rings is 1. The van der Waals surface area contributed by atoms with E-state index in [0.717, 1.165) is 12.0 Å². The Balaban J connectivity index is 2.07. The van der Waals surface area contributed by atoms with Gasteiger partial charge in [-0.1, -0.05) is 23.7 Å². The fourth-order valence-electron chi connectivity index (χ4n) is 2.12. The van der Waals surface area contributed by atoms with Crippen LogP contribution in [0.25, 0.3) is 11.4 Å². The Hall–Kier alpha value is -1.48. The monoisotopic (exact) mass is 231 g/mol. The van der Waals surface area contributed by atoms with E-state index in [4.69, 9.17) is 11.6 Å². The molecule has 0 saturated carbocycles. The molecule has 16 heavy (non-hydrogen) atoms. The maximum absolute atomic E-state index is 5.80. The van der Waals surface area contributed by atoms with Crippen LogP contribution in [-0.2, 0) is 12.8 Å². The molecular formula is C12H10ClN3. The highest BCUT2D eigenvalue weighted by Crippen LogP contribution is 2.26. The van der Waals surface area contributed by atoms with E-state index in [1.54, 1.807) is 0 Å². The highest BCUT2D eigenvalue weighted by Gasteiger charge is 2.12. The van der Waals surface area contributed by atoms with Crippen LogP contribution >= 0.6 is 11.6 Å². The van der Waals surface area contributed by atoms with E-state index in [0.29, 0.717) is 11.0 Å². The number of fused-ring (bicyclic) bond motifs is 1. The van der Waals surface area contributed by atoms with Crippen LogP contribution in [-0.4, -0.2) is 15.2 Å². The van der Waals surface area contributed by atoms with Crippen molar-refractivity contribution in [3.63, 3.8) is 0 Å². The van der Waals surface area contributed by atoms with E-state index in [1.807, 2.05) is 6.07 Å². The molecular weight excluding hydrogens is 222 g/mol. The summed E-state index contributed by atoms with van der Waals surface area (Å²) in [5.41, 5.74) is 3.84. The molecule has 0 amide bonds. The molecule has 0 spiro atoms. The predicted octanol–water partition coefficient (Wildman–Crippen LogP) is 2.68. The third-order valence-corrected chi connectivity index (χ3v) is 3.07. The number of aromatic nitrogens is 3. The molecule has 1 aliphatic carbocycles. The van der Waals surface area contributed by atoms with Gasteiger partial charge in [0.1, 0.15) is 0 Å². The molecule has 0 N–H and O–H groups in total. The average Bonchev–Trinajstić information content (AvgIpc) is 2.75. The summed E-state index contributed by atoms with van der Waals surface area (Å²) >= 11 is 5.80. The van der Waals surface area contributed by atoms with E-state index >= 15 is 0 Å². The van der Waals surface area contributed by atoms with Gasteiger partial charge >= 0.3 is 0 Å². The molecule has 0 saturated heterocycles. The van der Waals surface area contributed by atoms with E-state index in [1.165, 1.54) is 30.2 Å². The van der Waals surface area contributed by atoms with Gasteiger partial charge in [0.25, 0.3) is 0 Å². The summed E-state index contributed by atoms with van der Waals surface area (Å²) in [4.78, 5) is 4.16. The summed E-state index contributed by atoms with van der Waals surface area (Å²) in [6.45, 7) is 0. The van der Waals surface area contributed by atoms with Crippen LogP contribution < -0.4 is 0 Å². The molecule has 0 atom stereocenters. The minimum atomic E-state index is 0.380. The summed E-state index contributed by atoms with van der Waals surface area (Å²) < 4.78 is 0. The zero-order valence-electron chi connectivity index (χ0n) is 8.65. The lowest BCUT2D eigenvalue weighted by atomic mass is 10.1. The van der Waals surface area contributed by atoms with Crippen molar-refractivity contribution in [3.05, 3.63) is 40.7 Å². The number of aryl methyl sites for hydroxylation is 2. The number of rotatable bonds is 1. The third kappa shape index (κ3) is 1.67. The molecule has 0 radical (unpaired) electrons. The van der Waals surface area contributed by atoms with Gasteiger partial charge in [-0.3, -0.25) is 0 Å². The first kappa shape index (κ1) is 9.73. The lowest BCUT2D eigenvalue weighted by molar-refractivity contribution is 0.911. The van der Waals surface area contributed by atoms with Gasteiger partial charge in [-0.2, -0.15) is 5.10 Å². The zero-order valence-corrected chi connectivity index (χ0v) is 9.41. The van der Waals surface area contributed by atoms with Gasteiger partial charge in [0.05, 0.1) is 6.20 Å². The van der Waals surface area contributed by atoms with Gasteiger partial charge in [0, 0.05) is 5.56 Å². The lowest BCUT2D eigenvalue weighted by Crippen LogP contribution is -1.93. The Morgan fingerprint density at radius 2 is 2.00 bits per heavy atom. The van der Waals surface area contributed by atoms with Crippen LogP contribution in [0.2, 0.25) is 5.15 Å². The van der Waals surface area contributed by atoms with Crippen LogP contribution in [0.1, 0.15) is 17.5 Å². The molecule has 1 heterocycles. The van der Waals surface area contributed by atoms with Gasteiger partial charge in [0.2, 0.25) is 0 Å². The Morgan fingerprint density at radius 1 is 1.12 bits per heavy atom. The van der Waals surface area contributed by atoms with Crippen molar-refractivity contribution in [1.82, 2.24) is 15.2 Å². The molecule has 4 heteroatoms. The van der Waals surface area contributed by atoms with E-state index in [2.05, 4.69) is 27.3 Å². The minimum absolute atomic E-state index is 0.380. The fraction of sp³-hybridized carbons (Fsp3) is 0.250. The maximum atomic E-state index is 5.80. The Kier molecular flexibility index (Phi) is 2.33. The SMILES string of the molecule is Clc1cnnc(-c2ccc3c(c2)CCC3)n1. The highest BCUT2D eigenvalue weighted by molar-refractivity contribution is 6.29. The normalized spacial score (nSPS) is 13.8. The first-order valence-corrected chi connectivity index (χ1v) is 5.68. The fourth-order valence-corrected chi connectivity index (χ4v) is 2.24. The summed E-state index contributed by atoms with van der Waals surface area (Å²) in [5.74, 6) is 0.599. The molecule has 1 aromatic heterocycles. The number of hydrogen-bond acceptors (Lipinski definition) is 3. The van der Waals surface area contributed by atoms with Crippen molar-refractivity contribution in [2.45, 2.75) is 19.3 Å². The molecule has 0 aliphatic heterocycles. The molecule has 3 rings (SSSR count). The molecule has 2 aromatic rings. The van der Waals surface area contributed by atoms with Crippen molar-refractivity contribution in [2.24, 2.45) is 0 Å². The summed E-state index contributed by atoms with van der Waals surface area (Å²) in [7, 11) is 0. The first-order chi connectivity index (χ1) is 7.83. The van der Waals surface area contributed by atoms with Crippen molar-refractivity contribution >= 4 is 11.6 Å². The minimum Gasteiger partial charge on any atom is -0.213 e. The Bertz CT molecular complexity index is 540. The molecule has 0 bridgehead atoms. The first-order valence-electron chi connectivity index (χ1n) is 5.30. The summed E-state index contributed by atoms with van der Waals surface area (Å²) in [6.07, 6.45) is 5.02. The second-order valence-corrected chi connectivity index (χ2v) is 4.33. The molecule has 3 nitrogen and oxygen atoms in total.